The van der Waals surface area contributed by atoms with Gasteiger partial charge in [-0.05, 0) is 17.7 Å². The standard InChI is InChI=1S/C14H17BrN4O/c1-10(8-16)14(20)18-13-5-6-17-19(13)9-11-3-2-4-12(15)7-11/h2-7,10H,8-9,16H2,1H3,(H,18,20). The Hall–Kier alpha value is -1.66. The highest BCUT2D eigenvalue weighted by atomic mass is 79.9. The summed E-state index contributed by atoms with van der Waals surface area (Å²) in [4.78, 5) is 11.9. The van der Waals surface area contributed by atoms with Crippen molar-refractivity contribution in [1.29, 1.82) is 0 Å². The highest BCUT2D eigenvalue weighted by molar-refractivity contribution is 9.10. The number of hydrogen-bond donors (Lipinski definition) is 2. The quantitative estimate of drug-likeness (QED) is 0.879. The molecule has 0 spiro atoms. The highest BCUT2D eigenvalue weighted by Gasteiger charge is 2.13. The molecular formula is C14H17BrN4O. The normalized spacial score (nSPS) is 12.2. The average Bonchev–Trinajstić information content (AvgIpc) is 2.85. The molecule has 1 atom stereocenters. The van der Waals surface area contributed by atoms with Gasteiger partial charge in [-0.3, -0.25) is 4.79 Å². The van der Waals surface area contributed by atoms with Crippen molar-refractivity contribution in [2.45, 2.75) is 13.5 Å². The van der Waals surface area contributed by atoms with Crippen LogP contribution in [-0.2, 0) is 11.3 Å². The molecule has 2 aromatic rings. The first-order chi connectivity index (χ1) is 9.60. The first kappa shape index (κ1) is 14.7. The Kier molecular flexibility index (Phi) is 4.92. The Morgan fingerprint density at radius 2 is 2.30 bits per heavy atom. The number of nitrogens with one attached hydrogen (secondary N) is 1. The van der Waals surface area contributed by atoms with Crippen LogP contribution >= 0.6 is 15.9 Å². The molecule has 0 aliphatic carbocycles. The fraction of sp³-hybridized carbons (Fsp3) is 0.286. The van der Waals surface area contributed by atoms with Crippen molar-refractivity contribution in [1.82, 2.24) is 9.78 Å². The van der Waals surface area contributed by atoms with E-state index < -0.39 is 0 Å². The number of nitrogens with zero attached hydrogens (tertiary/aromatic N) is 2. The van der Waals surface area contributed by atoms with E-state index in [1.807, 2.05) is 24.3 Å². The van der Waals surface area contributed by atoms with Crippen molar-refractivity contribution in [3.63, 3.8) is 0 Å². The van der Waals surface area contributed by atoms with E-state index in [0.717, 1.165) is 10.0 Å². The molecule has 6 heteroatoms. The lowest BCUT2D eigenvalue weighted by Crippen LogP contribution is -2.27. The monoisotopic (exact) mass is 336 g/mol. The molecule has 0 saturated carbocycles. The summed E-state index contributed by atoms with van der Waals surface area (Å²) >= 11 is 3.44. The summed E-state index contributed by atoms with van der Waals surface area (Å²) in [5.41, 5.74) is 6.59. The number of aromatic nitrogens is 2. The number of benzene rings is 1. The zero-order chi connectivity index (χ0) is 14.5. The van der Waals surface area contributed by atoms with Gasteiger partial charge < -0.3 is 11.1 Å². The predicted molar refractivity (Wildman–Crippen MR) is 82.3 cm³/mol. The SMILES string of the molecule is CC(CN)C(=O)Nc1ccnn1Cc1cccc(Br)c1. The molecule has 3 N–H and O–H groups in total. The predicted octanol–water partition coefficient (Wildman–Crippen LogP) is 2.23. The van der Waals surface area contributed by atoms with Crippen LogP contribution in [-0.4, -0.2) is 22.2 Å². The van der Waals surface area contributed by atoms with Crippen LogP contribution in [0, 0.1) is 5.92 Å². The maximum absolute atomic E-state index is 11.9. The third-order valence-electron chi connectivity index (χ3n) is 2.99. The van der Waals surface area contributed by atoms with Crippen molar-refractivity contribution in [3.8, 4) is 0 Å². The van der Waals surface area contributed by atoms with E-state index in [0.29, 0.717) is 18.9 Å². The first-order valence-corrected chi connectivity index (χ1v) is 7.16. The number of halogens is 1. The fourth-order valence-corrected chi connectivity index (χ4v) is 2.18. The summed E-state index contributed by atoms with van der Waals surface area (Å²) in [5.74, 6) is 0.364. The number of hydrogen-bond acceptors (Lipinski definition) is 3. The van der Waals surface area contributed by atoms with Crippen LogP contribution in [0.3, 0.4) is 0 Å². The molecule has 0 aliphatic heterocycles. The van der Waals surface area contributed by atoms with E-state index in [-0.39, 0.29) is 11.8 Å². The van der Waals surface area contributed by atoms with Gasteiger partial charge in [0.1, 0.15) is 5.82 Å². The maximum Gasteiger partial charge on any atom is 0.229 e. The number of nitrogens with two attached hydrogens (primary N) is 1. The lowest BCUT2D eigenvalue weighted by atomic mass is 10.2. The maximum atomic E-state index is 11.9. The summed E-state index contributed by atoms with van der Waals surface area (Å²) in [5, 5.41) is 7.08. The van der Waals surface area contributed by atoms with E-state index >= 15 is 0 Å². The molecule has 0 aliphatic rings. The second kappa shape index (κ2) is 6.67. The molecule has 106 valence electrons. The third kappa shape index (κ3) is 3.68. The smallest absolute Gasteiger partial charge is 0.229 e. The molecule has 2 rings (SSSR count). The molecule has 1 unspecified atom stereocenters. The van der Waals surface area contributed by atoms with Gasteiger partial charge in [0, 0.05) is 23.0 Å². The molecule has 0 fully saturated rings. The summed E-state index contributed by atoms with van der Waals surface area (Å²) in [7, 11) is 0. The summed E-state index contributed by atoms with van der Waals surface area (Å²) in [6.45, 7) is 2.72. The van der Waals surface area contributed by atoms with Crippen LogP contribution in [0.25, 0.3) is 0 Å². The van der Waals surface area contributed by atoms with Gasteiger partial charge in [0.15, 0.2) is 0 Å². The van der Waals surface area contributed by atoms with Gasteiger partial charge in [0.2, 0.25) is 5.91 Å². The van der Waals surface area contributed by atoms with Gasteiger partial charge in [0.05, 0.1) is 12.7 Å². The molecule has 1 aromatic carbocycles. The van der Waals surface area contributed by atoms with Crippen LogP contribution in [0.4, 0.5) is 5.82 Å². The van der Waals surface area contributed by atoms with Crippen molar-refractivity contribution in [2.24, 2.45) is 11.7 Å². The van der Waals surface area contributed by atoms with Crippen molar-refractivity contribution >= 4 is 27.7 Å². The molecule has 0 saturated heterocycles. The van der Waals surface area contributed by atoms with Gasteiger partial charge in [-0.25, -0.2) is 4.68 Å². The minimum absolute atomic E-state index is 0.0940. The minimum atomic E-state index is -0.218. The van der Waals surface area contributed by atoms with Gasteiger partial charge in [-0.1, -0.05) is 35.0 Å². The van der Waals surface area contributed by atoms with Gasteiger partial charge in [0.25, 0.3) is 0 Å². The first-order valence-electron chi connectivity index (χ1n) is 6.37. The number of amides is 1. The van der Waals surface area contributed by atoms with Crippen LogP contribution in [0.5, 0.6) is 0 Å². The summed E-state index contributed by atoms with van der Waals surface area (Å²) in [6.07, 6.45) is 1.67. The summed E-state index contributed by atoms with van der Waals surface area (Å²) in [6, 6.07) is 9.76. The van der Waals surface area contributed by atoms with Gasteiger partial charge >= 0.3 is 0 Å². The zero-order valence-electron chi connectivity index (χ0n) is 11.2. The Morgan fingerprint density at radius 1 is 1.50 bits per heavy atom. The molecule has 20 heavy (non-hydrogen) atoms. The topological polar surface area (TPSA) is 72.9 Å². The van der Waals surface area contributed by atoms with E-state index in [1.54, 1.807) is 23.9 Å². The van der Waals surface area contributed by atoms with E-state index in [4.69, 9.17) is 5.73 Å². The molecule has 0 radical (unpaired) electrons. The largest absolute Gasteiger partial charge is 0.330 e. The number of carbonyl (C=O) groups excluding carboxylic acids is 1. The van der Waals surface area contributed by atoms with Crippen molar-refractivity contribution < 1.29 is 4.79 Å². The Bertz CT molecular complexity index is 596. The molecule has 1 aromatic heterocycles. The van der Waals surface area contributed by atoms with Gasteiger partial charge in [-0.2, -0.15) is 5.10 Å². The number of carbonyl (C=O) groups is 1. The van der Waals surface area contributed by atoms with Crippen molar-refractivity contribution in [2.75, 3.05) is 11.9 Å². The Labute approximate surface area is 126 Å². The Balaban J connectivity index is 2.11. The lowest BCUT2D eigenvalue weighted by molar-refractivity contribution is -0.119. The Morgan fingerprint density at radius 3 is 3.00 bits per heavy atom. The number of anilines is 1. The van der Waals surface area contributed by atoms with Crippen LogP contribution in [0.2, 0.25) is 0 Å². The van der Waals surface area contributed by atoms with Gasteiger partial charge in [-0.15, -0.1) is 0 Å². The van der Waals surface area contributed by atoms with E-state index in [9.17, 15) is 4.79 Å². The zero-order valence-corrected chi connectivity index (χ0v) is 12.8. The molecule has 0 bridgehead atoms. The van der Waals surface area contributed by atoms with Crippen LogP contribution < -0.4 is 11.1 Å². The van der Waals surface area contributed by atoms with E-state index in [2.05, 4.69) is 26.3 Å². The van der Waals surface area contributed by atoms with Crippen LogP contribution in [0.15, 0.2) is 41.0 Å². The molecule has 1 amide bonds. The summed E-state index contributed by atoms with van der Waals surface area (Å²) < 4.78 is 2.77. The second-order valence-electron chi connectivity index (χ2n) is 4.63. The highest BCUT2D eigenvalue weighted by Crippen LogP contribution is 2.15. The average molecular weight is 337 g/mol. The number of rotatable bonds is 5. The molecule has 1 heterocycles. The third-order valence-corrected chi connectivity index (χ3v) is 3.48. The lowest BCUT2D eigenvalue weighted by Gasteiger charge is -2.12. The minimum Gasteiger partial charge on any atom is -0.330 e. The van der Waals surface area contributed by atoms with Crippen molar-refractivity contribution in [3.05, 3.63) is 46.6 Å². The second-order valence-corrected chi connectivity index (χ2v) is 5.55. The molecule has 5 nitrogen and oxygen atoms in total. The van der Waals surface area contributed by atoms with E-state index in [1.165, 1.54) is 0 Å². The van der Waals surface area contributed by atoms with Crippen LogP contribution in [0.1, 0.15) is 12.5 Å². The fourth-order valence-electron chi connectivity index (χ4n) is 1.73. The molecular weight excluding hydrogens is 320 g/mol.